The minimum Gasteiger partial charge on any atom is -0.481 e. The summed E-state index contributed by atoms with van der Waals surface area (Å²) in [5.41, 5.74) is 3.76. The molecule has 0 aliphatic heterocycles. The van der Waals surface area contributed by atoms with Gasteiger partial charge >= 0.3 is 12.1 Å². The van der Waals surface area contributed by atoms with E-state index in [9.17, 15) is 19.5 Å². The molecule has 1 atom stereocenters. The highest BCUT2D eigenvalue weighted by molar-refractivity contribution is 5.81. The number of carbonyl (C=O) groups excluding carboxylic acids is 2. The predicted octanol–water partition coefficient (Wildman–Crippen LogP) is 4.31. The number of fused-ring (bicyclic) bond motifs is 3. The number of carboxylic acid groups (broad SMARTS) is 1. The Bertz CT molecular complexity index is 1030. The summed E-state index contributed by atoms with van der Waals surface area (Å²) in [5, 5.41) is 15.0. The molecular formula is C27H32N2O5. The molecule has 2 aliphatic carbocycles. The molecule has 2 aliphatic rings. The van der Waals surface area contributed by atoms with Gasteiger partial charge in [-0.2, -0.15) is 0 Å². The highest BCUT2D eigenvalue weighted by Gasteiger charge is 2.44. The van der Waals surface area contributed by atoms with Crippen molar-refractivity contribution in [1.82, 2.24) is 10.6 Å². The van der Waals surface area contributed by atoms with E-state index in [4.69, 9.17) is 4.74 Å². The van der Waals surface area contributed by atoms with Crippen LogP contribution in [0.5, 0.6) is 0 Å². The van der Waals surface area contributed by atoms with Crippen molar-refractivity contribution in [2.45, 2.75) is 51.5 Å². The molecule has 4 rings (SSSR count). The molecular weight excluding hydrogens is 432 g/mol. The van der Waals surface area contributed by atoms with Gasteiger partial charge in [0.15, 0.2) is 0 Å². The van der Waals surface area contributed by atoms with Crippen LogP contribution >= 0.6 is 0 Å². The molecule has 7 nitrogen and oxygen atoms in total. The molecule has 0 aromatic heterocycles. The monoisotopic (exact) mass is 464 g/mol. The normalized spacial score (nSPS) is 16.7. The Labute approximate surface area is 199 Å². The third-order valence-electron chi connectivity index (χ3n) is 7.25. The summed E-state index contributed by atoms with van der Waals surface area (Å²) in [6.07, 6.45) is 1.52. The molecule has 7 heteroatoms. The van der Waals surface area contributed by atoms with E-state index in [1.165, 1.54) is 0 Å². The standard InChI is InChI=1S/C27H32N2O5/c1-17(2)23(14-24(30)28-16-27(25(31)32)12-7-13-27)29-26(33)34-15-22-20-10-5-3-8-18(20)19-9-4-6-11-21(19)22/h3-6,8-11,17,22-23H,7,12-16H2,1-2H3,(H,28,30)(H,29,33)(H,31,32). The van der Waals surface area contributed by atoms with Gasteiger partial charge in [0, 0.05) is 24.9 Å². The first-order valence-electron chi connectivity index (χ1n) is 11.9. The second-order valence-electron chi connectivity index (χ2n) is 9.74. The molecule has 1 saturated carbocycles. The summed E-state index contributed by atoms with van der Waals surface area (Å²) < 4.78 is 5.61. The van der Waals surface area contributed by atoms with Crippen LogP contribution in [0.25, 0.3) is 11.1 Å². The fourth-order valence-electron chi connectivity index (χ4n) is 4.85. The summed E-state index contributed by atoms with van der Waals surface area (Å²) in [7, 11) is 0. The first-order valence-corrected chi connectivity index (χ1v) is 11.9. The van der Waals surface area contributed by atoms with Gasteiger partial charge in [-0.25, -0.2) is 4.79 Å². The summed E-state index contributed by atoms with van der Waals surface area (Å²) in [4.78, 5) is 36.6. The maximum Gasteiger partial charge on any atom is 0.407 e. The molecule has 34 heavy (non-hydrogen) atoms. The maximum atomic E-state index is 12.6. The Morgan fingerprint density at radius 2 is 1.62 bits per heavy atom. The lowest BCUT2D eigenvalue weighted by atomic mass is 9.69. The number of carboxylic acids is 1. The molecule has 0 heterocycles. The molecule has 2 aromatic carbocycles. The zero-order valence-corrected chi connectivity index (χ0v) is 19.7. The second kappa shape index (κ2) is 9.87. The van der Waals surface area contributed by atoms with E-state index in [1.807, 2.05) is 38.1 Å². The molecule has 1 fully saturated rings. The first kappa shape index (κ1) is 23.8. The van der Waals surface area contributed by atoms with Crippen LogP contribution in [-0.2, 0) is 14.3 Å². The summed E-state index contributed by atoms with van der Waals surface area (Å²) in [5.74, 6) is -1.17. The predicted molar refractivity (Wildman–Crippen MR) is 128 cm³/mol. The zero-order valence-electron chi connectivity index (χ0n) is 19.7. The van der Waals surface area contributed by atoms with Crippen molar-refractivity contribution in [3.05, 3.63) is 59.7 Å². The summed E-state index contributed by atoms with van der Waals surface area (Å²) in [6.45, 7) is 4.17. The first-order chi connectivity index (χ1) is 16.3. The fraction of sp³-hybridized carbons (Fsp3) is 0.444. The van der Waals surface area contributed by atoms with E-state index in [0.717, 1.165) is 28.7 Å². The minimum absolute atomic E-state index is 0.00312. The lowest BCUT2D eigenvalue weighted by molar-refractivity contribution is -0.154. The van der Waals surface area contributed by atoms with Crippen LogP contribution in [-0.4, -0.2) is 42.3 Å². The SMILES string of the molecule is CC(C)C(CC(=O)NCC1(C(=O)O)CCC1)NC(=O)OCC1c2ccccc2-c2ccccc21. The Hall–Kier alpha value is -3.35. The highest BCUT2D eigenvalue weighted by atomic mass is 16.5. The fourth-order valence-corrected chi connectivity index (χ4v) is 4.85. The molecule has 180 valence electrons. The lowest BCUT2D eigenvalue weighted by Crippen LogP contribution is -2.49. The summed E-state index contributed by atoms with van der Waals surface area (Å²) >= 11 is 0. The number of ether oxygens (including phenoxy) is 1. The smallest absolute Gasteiger partial charge is 0.407 e. The van der Waals surface area contributed by atoms with E-state index < -0.39 is 23.5 Å². The molecule has 3 N–H and O–H groups in total. The minimum atomic E-state index is -0.865. The molecule has 0 bridgehead atoms. The number of carbonyl (C=O) groups is 3. The summed E-state index contributed by atoms with van der Waals surface area (Å²) in [6, 6.07) is 15.9. The number of amides is 2. The van der Waals surface area contributed by atoms with Gasteiger partial charge in [-0.3, -0.25) is 9.59 Å². The molecule has 0 saturated heterocycles. The number of rotatable bonds is 9. The Kier molecular flexibility index (Phi) is 6.91. The van der Waals surface area contributed by atoms with E-state index >= 15 is 0 Å². The Morgan fingerprint density at radius 1 is 1.03 bits per heavy atom. The van der Waals surface area contributed by atoms with Crippen LogP contribution in [0.3, 0.4) is 0 Å². The van der Waals surface area contributed by atoms with Crippen molar-refractivity contribution in [2.24, 2.45) is 11.3 Å². The van der Waals surface area contributed by atoms with E-state index in [2.05, 4.69) is 34.9 Å². The van der Waals surface area contributed by atoms with Crippen LogP contribution in [0.4, 0.5) is 4.79 Å². The van der Waals surface area contributed by atoms with Crippen LogP contribution < -0.4 is 10.6 Å². The van der Waals surface area contributed by atoms with Gasteiger partial charge in [0.1, 0.15) is 6.61 Å². The van der Waals surface area contributed by atoms with Crippen LogP contribution in [0.15, 0.2) is 48.5 Å². The van der Waals surface area contributed by atoms with Crippen molar-refractivity contribution < 1.29 is 24.2 Å². The van der Waals surface area contributed by atoms with Gasteiger partial charge in [0.05, 0.1) is 5.41 Å². The maximum absolute atomic E-state index is 12.6. The molecule has 2 aromatic rings. The number of nitrogens with one attached hydrogen (secondary N) is 2. The van der Waals surface area contributed by atoms with Gasteiger partial charge in [-0.1, -0.05) is 68.8 Å². The van der Waals surface area contributed by atoms with E-state index in [-0.39, 0.29) is 37.3 Å². The average Bonchev–Trinajstić information content (AvgIpc) is 3.10. The molecule has 0 spiro atoms. The van der Waals surface area contributed by atoms with Gasteiger partial charge < -0.3 is 20.5 Å². The molecule has 1 unspecified atom stereocenters. The van der Waals surface area contributed by atoms with Crippen molar-refractivity contribution in [1.29, 1.82) is 0 Å². The van der Waals surface area contributed by atoms with Crippen LogP contribution in [0.2, 0.25) is 0 Å². The van der Waals surface area contributed by atoms with Crippen molar-refractivity contribution in [3.63, 3.8) is 0 Å². The molecule has 0 radical (unpaired) electrons. The van der Waals surface area contributed by atoms with Gasteiger partial charge in [0.2, 0.25) is 5.91 Å². The lowest BCUT2D eigenvalue weighted by Gasteiger charge is -2.37. The second-order valence-corrected chi connectivity index (χ2v) is 9.74. The van der Waals surface area contributed by atoms with Crippen LogP contribution in [0.1, 0.15) is 56.6 Å². The number of alkyl carbamates (subject to hydrolysis) is 1. The average molecular weight is 465 g/mol. The highest BCUT2D eigenvalue weighted by Crippen LogP contribution is 2.44. The van der Waals surface area contributed by atoms with Crippen molar-refractivity contribution in [3.8, 4) is 11.1 Å². The number of aliphatic carboxylic acids is 1. The number of hydrogen-bond acceptors (Lipinski definition) is 4. The van der Waals surface area contributed by atoms with Crippen molar-refractivity contribution >= 4 is 18.0 Å². The Morgan fingerprint density at radius 3 is 2.12 bits per heavy atom. The van der Waals surface area contributed by atoms with Crippen LogP contribution in [0, 0.1) is 11.3 Å². The topological polar surface area (TPSA) is 105 Å². The van der Waals surface area contributed by atoms with Gasteiger partial charge in [-0.15, -0.1) is 0 Å². The van der Waals surface area contributed by atoms with Gasteiger partial charge in [0.25, 0.3) is 0 Å². The van der Waals surface area contributed by atoms with E-state index in [1.54, 1.807) is 0 Å². The number of benzene rings is 2. The van der Waals surface area contributed by atoms with Gasteiger partial charge in [-0.05, 0) is 41.0 Å². The number of hydrogen-bond donors (Lipinski definition) is 3. The zero-order chi connectivity index (χ0) is 24.3. The quantitative estimate of drug-likeness (QED) is 0.513. The largest absolute Gasteiger partial charge is 0.481 e. The van der Waals surface area contributed by atoms with Crippen molar-refractivity contribution in [2.75, 3.05) is 13.2 Å². The third kappa shape index (κ3) is 4.79. The third-order valence-corrected chi connectivity index (χ3v) is 7.25. The Balaban J connectivity index is 1.32. The molecule has 2 amide bonds. The van der Waals surface area contributed by atoms with E-state index in [0.29, 0.717) is 12.8 Å².